The molecule has 1 aliphatic rings. The van der Waals surface area contributed by atoms with E-state index in [-0.39, 0.29) is 54.2 Å². The van der Waals surface area contributed by atoms with Gasteiger partial charge in [0.1, 0.15) is 17.4 Å². The molecule has 216 valence electrons. The van der Waals surface area contributed by atoms with Crippen LogP contribution in [-0.2, 0) is 6.18 Å². The molecule has 5 rings (SSSR count). The van der Waals surface area contributed by atoms with Gasteiger partial charge >= 0.3 is 12.4 Å². The molecule has 13 heteroatoms. The molecule has 1 saturated heterocycles. The van der Waals surface area contributed by atoms with Crippen molar-refractivity contribution in [2.45, 2.75) is 25.3 Å². The van der Waals surface area contributed by atoms with Crippen LogP contribution in [0.5, 0.6) is 5.75 Å². The van der Waals surface area contributed by atoms with E-state index in [1.807, 2.05) is 0 Å². The Bertz CT molecular complexity index is 1540. The highest BCUT2D eigenvalue weighted by Crippen LogP contribution is 2.39. The molecule has 0 aliphatic carbocycles. The van der Waals surface area contributed by atoms with Crippen LogP contribution in [0.15, 0.2) is 60.8 Å². The molecule has 0 bridgehead atoms. The Morgan fingerprint density at radius 3 is 2.12 bits per heavy atom. The van der Waals surface area contributed by atoms with Gasteiger partial charge in [0.05, 0.1) is 19.0 Å². The van der Waals surface area contributed by atoms with E-state index in [2.05, 4.69) is 10.1 Å². The Morgan fingerprint density at radius 2 is 1.56 bits per heavy atom. The SMILES string of the molecule is COc1ccc(-c2nc3c(C(=O)N4CCN([C@H](c5ccccc5)C(F)(F)F)CC4)cnn3c(C(F)(F)F)c2C)cc1. The fourth-order valence-electron chi connectivity index (χ4n) is 5.18. The first-order valence-corrected chi connectivity index (χ1v) is 12.6. The molecule has 1 atom stereocenters. The normalized spacial score (nSPS) is 15.8. The van der Waals surface area contributed by atoms with E-state index >= 15 is 0 Å². The van der Waals surface area contributed by atoms with Gasteiger partial charge in [0, 0.05) is 37.3 Å². The molecular weight excluding hydrogens is 552 g/mol. The van der Waals surface area contributed by atoms with Crippen molar-refractivity contribution in [3.05, 3.63) is 83.2 Å². The second-order valence-corrected chi connectivity index (χ2v) is 9.64. The van der Waals surface area contributed by atoms with Gasteiger partial charge < -0.3 is 9.64 Å². The highest BCUT2D eigenvalue weighted by atomic mass is 19.4. The first-order valence-electron chi connectivity index (χ1n) is 12.6. The minimum absolute atomic E-state index is 0.0164. The zero-order chi connectivity index (χ0) is 29.5. The van der Waals surface area contributed by atoms with Crippen molar-refractivity contribution in [3.8, 4) is 17.0 Å². The van der Waals surface area contributed by atoms with E-state index in [1.54, 1.807) is 30.3 Å². The standard InChI is InChI=1S/C28H25F6N5O2/c1-17-22(18-8-10-20(41-2)11-9-18)36-25-21(16-35-39(25)23(17)27(29,30)31)26(40)38-14-12-37(13-15-38)24(28(32,33)34)19-6-4-3-5-7-19/h3-11,16,24H,12-15H2,1-2H3/t24-/m1/s1. The second-order valence-electron chi connectivity index (χ2n) is 9.64. The van der Waals surface area contributed by atoms with Crippen LogP contribution < -0.4 is 4.74 Å². The van der Waals surface area contributed by atoms with Crippen LogP contribution in [0.2, 0.25) is 0 Å². The lowest BCUT2D eigenvalue weighted by Gasteiger charge is -2.40. The number of fused-ring (bicyclic) bond motifs is 1. The average molecular weight is 578 g/mol. The summed E-state index contributed by atoms with van der Waals surface area (Å²) in [6, 6.07) is 11.9. The van der Waals surface area contributed by atoms with Gasteiger partial charge in [-0.05, 0) is 36.8 Å². The van der Waals surface area contributed by atoms with Gasteiger partial charge in [-0.25, -0.2) is 9.50 Å². The number of amides is 1. The second kappa shape index (κ2) is 10.7. The molecule has 1 amide bonds. The summed E-state index contributed by atoms with van der Waals surface area (Å²) in [4.78, 5) is 20.5. The Morgan fingerprint density at radius 1 is 0.927 bits per heavy atom. The van der Waals surface area contributed by atoms with Gasteiger partial charge in [-0.15, -0.1) is 0 Å². The molecule has 0 radical (unpaired) electrons. The first kappa shape index (κ1) is 28.4. The number of methoxy groups -OCH3 is 1. The minimum atomic E-state index is -4.81. The van der Waals surface area contributed by atoms with Crippen molar-refractivity contribution in [2.24, 2.45) is 0 Å². The maximum Gasteiger partial charge on any atom is 0.433 e. The molecular formula is C28H25F6N5O2. The zero-order valence-electron chi connectivity index (χ0n) is 22.0. The number of halogens is 6. The van der Waals surface area contributed by atoms with Crippen LogP contribution in [0.1, 0.15) is 33.2 Å². The maximum absolute atomic E-state index is 14.2. The van der Waals surface area contributed by atoms with Crippen LogP contribution in [0.3, 0.4) is 0 Å². The fraction of sp³-hybridized carbons (Fsp3) is 0.321. The summed E-state index contributed by atoms with van der Waals surface area (Å²) in [7, 11) is 1.46. The smallest absolute Gasteiger partial charge is 0.433 e. The van der Waals surface area contributed by atoms with Gasteiger partial charge in [-0.2, -0.15) is 31.4 Å². The predicted molar refractivity (Wildman–Crippen MR) is 137 cm³/mol. The summed E-state index contributed by atoms with van der Waals surface area (Å²) in [6.07, 6.45) is -8.33. The summed E-state index contributed by atoms with van der Waals surface area (Å²) >= 11 is 0. The number of piperazine rings is 1. The van der Waals surface area contributed by atoms with Crippen molar-refractivity contribution >= 4 is 11.6 Å². The number of nitrogens with zero attached hydrogens (tertiary/aromatic N) is 5. The number of carbonyl (C=O) groups is 1. The molecule has 4 aromatic rings. The summed E-state index contributed by atoms with van der Waals surface area (Å²) in [6.45, 7) is 1.00. The van der Waals surface area contributed by atoms with E-state index in [0.29, 0.717) is 15.8 Å². The Labute approximate surface area is 231 Å². The van der Waals surface area contributed by atoms with E-state index < -0.39 is 30.0 Å². The van der Waals surface area contributed by atoms with Crippen LogP contribution >= 0.6 is 0 Å². The van der Waals surface area contributed by atoms with Crippen LogP contribution in [0, 0.1) is 6.92 Å². The van der Waals surface area contributed by atoms with Gasteiger partial charge in [-0.3, -0.25) is 9.69 Å². The van der Waals surface area contributed by atoms with Crippen molar-refractivity contribution in [1.82, 2.24) is 24.4 Å². The van der Waals surface area contributed by atoms with Crippen LogP contribution in [0.25, 0.3) is 16.9 Å². The van der Waals surface area contributed by atoms with Crippen LogP contribution in [-0.4, -0.2) is 69.8 Å². The lowest BCUT2D eigenvalue weighted by molar-refractivity contribution is -0.189. The van der Waals surface area contributed by atoms with Crippen molar-refractivity contribution in [1.29, 1.82) is 0 Å². The number of alkyl halides is 6. The number of benzene rings is 2. The van der Waals surface area contributed by atoms with Gasteiger partial charge in [-0.1, -0.05) is 30.3 Å². The Balaban J connectivity index is 1.47. The molecule has 3 heterocycles. The van der Waals surface area contributed by atoms with Crippen molar-refractivity contribution < 1.29 is 35.9 Å². The summed E-state index contributed by atoms with van der Waals surface area (Å²) < 4.78 is 90.3. The summed E-state index contributed by atoms with van der Waals surface area (Å²) in [5.41, 5.74) is -1.23. The molecule has 0 unspecified atom stereocenters. The number of carbonyl (C=O) groups excluding carboxylic acids is 1. The molecule has 2 aromatic heterocycles. The Kier molecular flexibility index (Phi) is 7.41. The van der Waals surface area contributed by atoms with E-state index in [4.69, 9.17) is 4.74 Å². The quantitative estimate of drug-likeness (QED) is 0.281. The Hall–Kier alpha value is -4.13. The fourth-order valence-corrected chi connectivity index (χ4v) is 5.18. The van der Waals surface area contributed by atoms with E-state index in [1.165, 1.54) is 48.1 Å². The largest absolute Gasteiger partial charge is 0.497 e. The third kappa shape index (κ3) is 5.45. The lowest BCUT2D eigenvalue weighted by Crippen LogP contribution is -2.52. The molecule has 1 fully saturated rings. The highest BCUT2D eigenvalue weighted by molar-refractivity contribution is 6.00. The van der Waals surface area contributed by atoms with Crippen molar-refractivity contribution in [3.63, 3.8) is 0 Å². The number of hydrogen-bond donors (Lipinski definition) is 0. The molecule has 2 aromatic carbocycles. The molecule has 0 N–H and O–H groups in total. The number of aromatic nitrogens is 3. The van der Waals surface area contributed by atoms with Crippen LogP contribution in [0.4, 0.5) is 26.3 Å². The summed E-state index contributed by atoms with van der Waals surface area (Å²) in [5, 5.41) is 3.85. The average Bonchev–Trinajstić information content (AvgIpc) is 3.35. The molecule has 0 spiro atoms. The third-order valence-corrected chi connectivity index (χ3v) is 7.14. The van der Waals surface area contributed by atoms with Crippen molar-refractivity contribution in [2.75, 3.05) is 33.3 Å². The van der Waals surface area contributed by atoms with E-state index in [9.17, 15) is 31.1 Å². The molecule has 41 heavy (non-hydrogen) atoms. The monoisotopic (exact) mass is 577 g/mol. The predicted octanol–water partition coefficient (Wildman–Crippen LogP) is 5.79. The summed E-state index contributed by atoms with van der Waals surface area (Å²) in [5.74, 6) is -0.156. The maximum atomic E-state index is 14.2. The zero-order valence-corrected chi connectivity index (χ0v) is 22.0. The number of rotatable bonds is 5. The molecule has 0 saturated carbocycles. The number of hydrogen-bond acceptors (Lipinski definition) is 5. The number of ether oxygens (including phenoxy) is 1. The van der Waals surface area contributed by atoms with Gasteiger partial charge in [0.25, 0.3) is 5.91 Å². The molecule has 7 nitrogen and oxygen atoms in total. The molecule has 1 aliphatic heterocycles. The highest BCUT2D eigenvalue weighted by Gasteiger charge is 2.46. The van der Waals surface area contributed by atoms with E-state index in [0.717, 1.165) is 6.20 Å². The third-order valence-electron chi connectivity index (χ3n) is 7.14. The first-order chi connectivity index (χ1) is 19.4. The lowest BCUT2D eigenvalue weighted by atomic mass is 10.0. The van der Waals surface area contributed by atoms with Gasteiger partial charge in [0.2, 0.25) is 0 Å². The van der Waals surface area contributed by atoms with Gasteiger partial charge in [0.15, 0.2) is 11.3 Å². The minimum Gasteiger partial charge on any atom is -0.497 e. The topological polar surface area (TPSA) is 63.0 Å².